The van der Waals surface area contributed by atoms with Gasteiger partial charge in [0.2, 0.25) is 0 Å². The number of aromatic nitrogens is 1. The van der Waals surface area contributed by atoms with E-state index >= 15 is 0 Å². The number of para-hydroxylation sites is 4. The molecular weight excluding hydrogens is 685 g/mol. The van der Waals surface area contributed by atoms with E-state index < -0.39 is 0 Å². The first kappa shape index (κ1) is 35.8. The predicted octanol–water partition coefficient (Wildman–Crippen LogP) is 12.6. The molecule has 56 heavy (non-hydrogen) atoms. The Morgan fingerprint density at radius 3 is 1.96 bits per heavy atom. The van der Waals surface area contributed by atoms with Crippen LogP contribution in [0.5, 0.6) is 0 Å². The standard InChI is InChI=1S/C48H36N6.C2H6/c1-49-42-21-11-14-24-45(42)53-32-41-37(38-19-9-12-22-43(38)53)29-30-40-39-20-10-13-23-44(39)54(46(40)41)36-27-25-35(26-28-36)48(51-31-33-15-5-3-6-16-33)52-47(50-2)34-17-7-4-8-18-34;1-2/h3-30H,1-2,31-32H2;1-2H3. The van der Waals surface area contributed by atoms with Crippen molar-refractivity contribution >= 4 is 64.0 Å². The second kappa shape index (κ2) is 16.0. The third-order valence-corrected chi connectivity index (χ3v) is 10.1. The molecule has 0 bridgehead atoms. The maximum absolute atomic E-state index is 5.02. The van der Waals surface area contributed by atoms with Crippen LogP contribution in [-0.2, 0) is 13.1 Å². The first-order valence-corrected chi connectivity index (χ1v) is 19.0. The van der Waals surface area contributed by atoms with Crippen molar-refractivity contribution in [2.75, 3.05) is 4.90 Å². The number of amidine groups is 2. The van der Waals surface area contributed by atoms with E-state index in [0.717, 1.165) is 45.0 Å². The zero-order valence-corrected chi connectivity index (χ0v) is 31.7. The average Bonchev–Trinajstić information content (AvgIpc) is 3.62. The number of benzene rings is 7. The van der Waals surface area contributed by atoms with E-state index in [-0.39, 0.29) is 0 Å². The van der Waals surface area contributed by atoms with E-state index in [9.17, 15) is 0 Å². The van der Waals surface area contributed by atoms with Gasteiger partial charge in [0, 0.05) is 44.4 Å². The molecule has 6 heteroatoms. The third kappa shape index (κ3) is 6.62. The smallest absolute Gasteiger partial charge is 0.161 e. The van der Waals surface area contributed by atoms with Crippen LogP contribution in [0.4, 0.5) is 17.1 Å². The molecule has 6 nitrogen and oxygen atoms in total. The number of hydrogen-bond acceptors (Lipinski definition) is 3. The Bertz CT molecular complexity index is 2740. The van der Waals surface area contributed by atoms with Crippen LogP contribution in [0.2, 0.25) is 0 Å². The summed E-state index contributed by atoms with van der Waals surface area (Å²) in [4.78, 5) is 21.1. The van der Waals surface area contributed by atoms with Gasteiger partial charge in [-0.2, -0.15) is 0 Å². The van der Waals surface area contributed by atoms with Gasteiger partial charge in [0.25, 0.3) is 0 Å². The fraction of sp³-hybridized carbons (Fsp3) is 0.0800. The molecule has 0 atom stereocenters. The maximum Gasteiger partial charge on any atom is 0.161 e. The Balaban J connectivity index is 0.00000217. The van der Waals surface area contributed by atoms with Gasteiger partial charge < -0.3 is 9.47 Å². The highest BCUT2D eigenvalue weighted by molar-refractivity contribution is 6.14. The van der Waals surface area contributed by atoms with Crippen molar-refractivity contribution in [2.45, 2.75) is 26.9 Å². The normalized spacial score (nSPS) is 12.4. The van der Waals surface area contributed by atoms with Crippen LogP contribution >= 0.6 is 0 Å². The number of aliphatic imine (C=N–C) groups is 4. The van der Waals surface area contributed by atoms with E-state index in [0.29, 0.717) is 24.8 Å². The highest BCUT2D eigenvalue weighted by Gasteiger charge is 2.28. The van der Waals surface area contributed by atoms with E-state index in [2.05, 4.69) is 142 Å². The lowest BCUT2D eigenvalue weighted by Gasteiger charge is -2.34. The molecule has 0 spiro atoms. The van der Waals surface area contributed by atoms with Gasteiger partial charge in [0.05, 0.1) is 35.5 Å². The largest absolute Gasteiger partial charge is 0.335 e. The Hall–Kier alpha value is -7.18. The fourth-order valence-corrected chi connectivity index (χ4v) is 7.61. The highest BCUT2D eigenvalue weighted by atomic mass is 15.2. The Morgan fingerprint density at radius 2 is 1.21 bits per heavy atom. The van der Waals surface area contributed by atoms with Crippen LogP contribution in [0.15, 0.2) is 190 Å². The molecule has 0 saturated carbocycles. The highest BCUT2D eigenvalue weighted by Crippen LogP contribution is 2.48. The van der Waals surface area contributed by atoms with Gasteiger partial charge in [-0.3, -0.25) is 9.98 Å². The molecule has 0 N–H and O–H groups in total. The van der Waals surface area contributed by atoms with Crippen molar-refractivity contribution in [1.82, 2.24) is 4.57 Å². The van der Waals surface area contributed by atoms with Gasteiger partial charge in [0.15, 0.2) is 11.7 Å². The minimum atomic E-state index is 0.488. The van der Waals surface area contributed by atoms with E-state index in [1.165, 1.54) is 33.0 Å². The fourth-order valence-electron chi connectivity index (χ4n) is 7.61. The van der Waals surface area contributed by atoms with E-state index in [4.69, 9.17) is 9.98 Å². The van der Waals surface area contributed by atoms with Crippen molar-refractivity contribution < 1.29 is 0 Å². The van der Waals surface area contributed by atoms with Crippen LogP contribution in [0.3, 0.4) is 0 Å². The number of anilines is 2. The van der Waals surface area contributed by atoms with Crippen LogP contribution in [0.1, 0.15) is 36.1 Å². The summed E-state index contributed by atoms with van der Waals surface area (Å²) in [5.41, 5.74) is 13.0. The molecule has 0 unspecified atom stereocenters. The summed E-state index contributed by atoms with van der Waals surface area (Å²) in [6.45, 7) is 12.9. The minimum Gasteiger partial charge on any atom is -0.335 e. The van der Waals surface area contributed by atoms with Gasteiger partial charge in [-0.05, 0) is 73.1 Å². The van der Waals surface area contributed by atoms with Crippen molar-refractivity contribution in [3.63, 3.8) is 0 Å². The maximum atomic E-state index is 5.02. The molecule has 0 amide bonds. The quantitative estimate of drug-likeness (QED) is 0.119. The van der Waals surface area contributed by atoms with Crippen LogP contribution < -0.4 is 4.90 Å². The molecule has 272 valence electrons. The summed E-state index contributed by atoms with van der Waals surface area (Å²) >= 11 is 0. The van der Waals surface area contributed by atoms with Crippen molar-refractivity contribution in [1.29, 1.82) is 0 Å². The van der Waals surface area contributed by atoms with E-state index in [1.54, 1.807) is 0 Å². The van der Waals surface area contributed by atoms with Gasteiger partial charge >= 0.3 is 0 Å². The zero-order valence-electron chi connectivity index (χ0n) is 31.7. The van der Waals surface area contributed by atoms with Crippen LogP contribution in [0.25, 0.3) is 38.6 Å². The first-order chi connectivity index (χ1) is 27.7. The first-order valence-electron chi connectivity index (χ1n) is 19.0. The van der Waals surface area contributed by atoms with E-state index in [1.807, 2.05) is 74.5 Å². The minimum absolute atomic E-state index is 0.488. The average molecular weight is 727 g/mol. The lowest BCUT2D eigenvalue weighted by atomic mass is 9.91. The predicted molar refractivity (Wildman–Crippen MR) is 238 cm³/mol. The number of nitrogens with zero attached hydrogens (tertiary/aromatic N) is 6. The van der Waals surface area contributed by atoms with Crippen LogP contribution in [-0.4, -0.2) is 29.7 Å². The molecule has 1 aromatic heterocycles. The molecule has 1 aliphatic rings. The molecule has 2 heterocycles. The van der Waals surface area contributed by atoms with Crippen LogP contribution in [0, 0.1) is 0 Å². The Labute approximate surface area is 328 Å². The number of rotatable bonds is 7. The van der Waals surface area contributed by atoms with Gasteiger partial charge in [-0.15, -0.1) is 0 Å². The number of hydrogen-bond donors (Lipinski definition) is 0. The Kier molecular flexibility index (Phi) is 10.3. The van der Waals surface area contributed by atoms with Crippen molar-refractivity contribution in [3.05, 3.63) is 192 Å². The molecule has 0 saturated heterocycles. The Morgan fingerprint density at radius 1 is 0.571 bits per heavy atom. The van der Waals surface area contributed by atoms with Crippen molar-refractivity contribution in [2.24, 2.45) is 20.0 Å². The molecule has 7 aromatic carbocycles. The summed E-state index contributed by atoms with van der Waals surface area (Å²) < 4.78 is 2.40. The molecule has 0 fully saturated rings. The second-order valence-corrected chi connectivity index (χ2v) is 13.2. The summed E-state index contributed by atoms with van der Waals surface area (Å²) in [6.07, 6.45) is 0. The molecule has 9 rings (SSSR count). The summed E-state index contributed by atoms with van der Waals surface area (Å²) in [5, 5.41) is 2.42. The van der Waals surface area contributed by atoms with Crippen molar-refractivity contribution in [3.8, 4) is 16.8 Å². The number of fused-ring (bicyclic) bond motifs is 7. The monoisotopic (exact) mass is 726 g/mol. The molecular formula is C50H42N6. The zero-order chi connectivity index (χ0) is 38.4. The molecule has 0 radical (unpaired) electrons. The SMILES string of the molecule is C=NC(=NC(=NCc1ccccc1)c1ccc(-n2c3ccccc3c3ccc4c(c32)CN(c2ccccc2N=C)c2ccccc2-4)cc1)c1ccccc1.CC. The van der Waals surface area contributed by atoms with Gasteiger partial charge in [-0.25, -0.2) is 9.98 Å². The molecule has 8 aromatic rings. The molecule has 1 aliphatic heterocycles. The lowest BCUT2D eigenvalue weighted by Crippen LogP contribution is -2.22. The summed E-state index contributed by atoms with van der Waals surface area (Å²) in [5.74, 6) is 1.12. The second-order valence-electron chi connectivity index (χ2n) is 13.2. The summed E-state index contributed by atoms with van der Waals surface area (Å²) in [7, 11) is 0. The van der Waals surface area contributed by atoms with Gasteiger partial charge in [0.1, 0.15) is 0 Å². The third-order valence-electron chi connectivity index (χ3n) is 10.1. The molecule has 0 aliphatic carbocycles. The summed E-state index contributed by atoms with van der Waals surface area (Å²) in [6, 6.07) is 58.8. The van der Waals surface area contributed by atoms with Gasteiger partial charge in [-0.1, -0.05) is 135 Å². The lowest BCUT2D eigenvalue weighted by molar-refractivity contribution is 0.961. The topological polar surface area (TPSA) is 57.6 Å².